The molecule has 0 spiro atoms. The van der Waals surface area contributed by atoms with E-state index in [1.54, 1.807) is 6.20 Å². The highest BCUT2D eigenvalue weighted by molar-refractivity contribution is 7.91. The topological polar surface area (TPSA) is 92.3 Å². The maximum absolute atomic E-state index is 12.7. The van der Waals surface area contributed by atoms with Crippen LogP contribution in [-0.4, -0.2) is 41.7 Å². The Kier molecular flexibility index (Phi) is 4.66. The predicted octanol–water partition coefficient (Wildman–Crippen LogP) is 1.98. The molecule has 9 heteroatoms. The molecule has 1 aliphatic rings. The molecule has 0 radical (unpaired) electrons. The van der Waals surface area contributed by atoms with Crippen LogP contribution in [0.1, 0.15) is 30.5 Å². The van der Waals surface area contributed by atoms with E-state index in [4.69, 9.17) is 0 Å². The number of thiazole rings is 1. The summed E-state index contributed by atoms with van der Waals surface area (Å²) in [5, 5.41) is 2.80. The van der Waals surface area contributed by atoms with Crippen LogP contribution >= 0.6 is 11.3 Å². The largest absolute Gasteiger partial charge is 0.302 e. The number of aryl methyl sites for hydroxylation is 1. The fraction of sp³-hybridized carbons (Fsp3) is 0.400. The normalized spacial score (nSPS) is 18.7. The van der Waals surface area contributed by atoms with Gasteiger partial charge in [-0.3, -0.25) is 9.78 Å². The number of pyridine rings is 1. The Balaban J connectivity index is 1.76. The monoisotopic (exact) mass is 366 g/mol. The summed E-state index contributed by atoms with van der Waals surface area (Å²) in [5.74, 6) is -0.105. The van der Waals surface area contributed by atoms with E-state index in [2.05, 4.69) is 15.3 Å². The van der Waals surface area contributed by atoms with Crippen molar-refractivity contribution in [2.45, 2.75) is 30.4 Å². The van der Waals surface area contributed by atoms with Gasteiger partial charge >= 0.3 is 0 Å². The van der Waals surface area contributed by atoms with Crippen molar-refractivity contribution in [1.29, 1.82) is 0 Å². The van der Waals surface area contributed by atoms with Crippen LogP contribution < -0.4 is 5.32 Å². The van der Waals surface area contributed by atoms with Gasteiger partial charge in [-0.2, -0.15) is 4.31 Å². The number of nitrogens with zero attached hydrogens (tertiary/aromatic N) is 3. The third-order valence-electron chi connectivity index (χ3n) is 3.90. The molecule has 0 bridgehead atoms. The molecule has 2 aromatic rings. The van der Waals surface area contributed by atoms with Gasteiger partial charge in [0.1, 0.15) is 0 Å². The van der Waals surface area contributed by atoms with Gasteiger partial charge in [0.15, 0.2) is 9.34 Å². The van der Waals surface area contributed by atoms with E-state index in [1.165, 1.54) is 17.4 Å². The third kappa shape index (κ3) is 3.47. The maximum Gasteiger partial charge on any atom is 0.254 e. The van der Waals surface area contributed by atoms with Crippen molar-refractivity contribution in [3.05, 3.63) is 35.8 Å². The van der Waals surface area contributed by atoms with Crippen LogP contribution in [0.4, 0.5) is 5.13 Å². The Morgan fingerprint density at radius 2 is 2.21 bits per heavy atom. The molecule has 1 atom stereocenters. The molecule has 1 fully saturated rings. The summed E-state index contributed by atoms with van der Waals surface area (Å²) < 4.78 is 27.1. The SMILES string of the molecule is CC(=O)Nc1ncc(S(=O)(=O)N2CCC(c3ccnc(C)c3)C2)s1. The Bertz CT molecular complexity index is 863. The first-order chi connectivity index (χ1) is 11.4. The minimum atomic E-state index is -3.58. The van der Waals surface area contributed by atoms with Crippen LogP contribution in [0, 0.1) is 6.92 Å². The van der Waals surface area contributed by atoms with Crippen molar-refractivity contribution in [2.75, 3.05) is 18.4 Å². The van der Waals surface area contributed by atoms with Crippen LogP contribution in [-0.2, 0) is 14.8 Å². The Morgan fingerprint density at radius 1 is 1.42 bits per heavy atom. The zero-order chi connectivity index (χ0) is 17.3. The highest BCUT2D eigenvalue weighted by Gasteiger charge is 2.34. The summed E-state index contributed by atoms with van der Waals surface area (Å²) in [7, 11) is -3.58. The first kappa shape index (κ1) is 17.0. The first-order valence-electron chi connectivity index (χ1n) is 7.52. The molecule has 1 amide bonds. The number of rotatable bonds is 4. The van der Waals surface area contributed by atoms with Crippen molar-refractivity contribution in [2.24, 2.45) is 0 Å². The fourth-order valence-corrected chi connectivity index (χ4v) is 5.49. The van der Waals surface area contributed by atoms with Gasteiger partial charge in [-0.25, -0.2) is 13.4 Å². The van der Waals surface area contributed by atoms with Gasteiger partial charge in [-0.1, -0.05) is 11.3 Å². The van der Waals surface area contributed by atoms with Gasteiger partial charge in [0.25, 0.3) is 10.0 Å². The molecular formula is C15H18N4O3S2. The molecule has 1 saturated heterocycles. The highest BCUT2D eigenvalue weighted by Crippen LogP contribution is 2.33. The number of amides is 1. The molecule has 1 aliphatic heterocycles. The zero-order valence-electron chi connectivity index (χ0n) is 13.4. The lowest BCUT2D eigenvalue weighted by molar-refractivity contribution is -0.114. The standard InChI is InChI=1S/C15H18N4O3S2/c1-10-7-12(3-5-16-10)13-4-6-19(9-13)24(21,22)14-8-17-15(23-14)18-11(2)20/h3,5,7-8,13H,4,6,9H2,1-2H3,(H,17,18,20). The van der Waals surface area contributed by atoms with E-state index in [9.17, 15) is 13.2 Å². The van der Waals surface area contributed by atoms with Crippen LogP contribution in [0.15, 0.2) is 28.7 Å². The van der Waals surface area contributed by atoms with Crippen molar-refractivity contribution < 1.29 is 13.2 Å². The molecular weight excluding hydrogens is 348 g/mol. The number of carbonyl (C=O) groups is 1. The molecule has 0 aromatic carbocycles. The van der Waals surface area contributed by atoms with E-state index >= 15 is 0 Å². The number of anilines is 1. The molecule has 2 aromatic heterocycles. The van der Waals surface area contributed by atoms with Gasteiger partial charge in [-0.05, 0) is 37.0 Å². The molecule has 7 nitrogen and oxygen atoms in total. The summed E-state index contributed by atoms with van der Waals surface area (Å²) in [5.41, 5.74) is 2.04. The maximum atomic E-state index is 12.7. The summed E-state index contributed by atoms with van der Waals surface area (Å²) in [6.07, 6.45) is 3.83. The van der Waals surface area contributed by atoms with E-state index in [0.717, 1.165) is 29.0 Å². The molecule has 3 rings (SSSR count). The lowest BCUT2D eigenvalue weighted by Crippen LogP contribution is -2.28. The van der Waals surface area contributed by atoms with Gasteiger partial charge < -0.3 is 5.32 Å². The van der Waals surface area contributed by atoms with Gasteiger partial charge in [0, 0.05) is 31.9 Å². The van der Waals surface area contributed by atoms with Crippen LogP contribution in [0.25, 0.3) is 0 Å². The number of carbonyl (C=O) groups excluding carboxylic acids is 1. The number of hydrogen-bond acceptors (Lipinski definition) is 6. The summed E-state index contributed by atoms with van der Waals surface area (Å²) in [6.45, 7) is 4.20. The second-order valence-corrected chi connectivity index (χ2v) is 8.94. The summed E-state index contributed by atoms with van der Waals surface area (Å²) in [4.78, 5) is 19.2. The van der Waals surface area contributed by atoms with E-state index < -0.39 is 10.0 Å². The highest BCUT2D eigenvalue weighted by atomic mass is 32.2. The lowest BCUT2D eigenvalue weighted by Gasteiger charge is -2.15. The Labute approximate surface area is 144 Å². The molecule has 24 heavy (non-hydrogen) atoms. The number of sulfonamides is 1. The van der Waals surface area contributed by atoms with E-state index in [0.29, 0.717) is 18.2 Å². The van der Waals surface area contributed by atoms with Gasteiger partial charge in [0.05, 0.1) is 6.20 Å². The molecule has 0 saturated carbocycles. The van der Waals surface area contributed by atoms with Crippen LogP contribution in [0.2, 0.25) is 0 Å². The second-order valence-electron chi connectivity index (χ2n) is 5.74. The number of hydrogen-bond donors (Lipinski definition) is 1. The molecule has 0 aliphatic carbocycles. The van der Waals surface area contributed by atoms with Crippen molar-refractivity contribution >= 4 is 32.4 Å². The molecule has 3 heterocycles. The zero-order valence-corrected chi connectivity index (χ0v) is 15.0. The first-order valence-corrected chi connectivity index (χ1v) is 9.78. The molecule has 1 unspecified atom stereocenters. The van der Waals surface area contributed by atoms with Crippen LogP contribution in [0.3, 0.4) is 0 Å². The Hall–Kier alpha value is -1.84. The van der Waals surface area contributed by atoms with Crippen molar-refractivity contribution in [1.82, 2.24) is 14.3 Å². The Morgan fingerprint density at radius 3 is 2.92 bits per heavy atom. The number of aromatic nitrogens is 2. The third-order valence-corrected chi connectivity index (χ3v) is 7.12. The quantitative estimate of drug-likeness (QED) is 0.893. The van der Waals surface area contributed by atoms with Gasteiger partial charge in [-0.15, -0.1) is 0 Å². The smallest absolute Gasteiger partial charge is 0.254 e. The summed E-state index contributed by atoms with van der Waals surface area (Å²) >= 11 is 0.972. The summed E-state index contributed by atoms with van der Waals surface area (Å²) in [6, 6.07) is 3.94. The van der Waals surface area contributed by atoms with E-state index in [-0.39, 0.29) is 16.0 Å². The minimum absolute atomic E-state index is 0.151. The molecule has 128 valence electrons. The lowest BCUT2D eigenvalue weighted by atomic mass is 9.99. The second kappa shape index (κ2) is 6.58. The van der Waals surface area contributed by atoms with Crippen molar-refractivity contribution in [3.8, 4) is 0 Å². The van der Waals surface area contributed by atoms with Gasteiger partial charge in [0.2, 0.25) is 5.91 Å². The minimum Gasteiger partial charge on any atom is -0.302 e. The van der Waals surface area contributed by atoms with E-state index in [1.807, 2.05) is 19.1 Å². The average molecular weight is 366 g/mol. The number of nitrogens with one attached hydrogen (secondary N) is 1. The van der Waals surface area contributed by atoms with Crippen molar-refractivity contribution in [3.63, 3.8) is 0 Å². The van der Waals surface area contributed by atoms with Crippen LogP contribution in [0.5, 0.6) is 0 Å². The fourth-order valence-electron chi connectivity index (χ4n) is 2.75. The predicted molar refractivity (Wildman–Crippen MR) is 91.5 cm³/mol. The molecule has 1 N–H and O–H groups in total. The average Bonchev–Trinajstić information content (AvgIpc) is 3.16.